The van der Waals surface area contributed by atoms with Crippen molar-refractivity contribution in [3.8, 4) is 5.75 Å². The summed E-state index contributed by atoms with van der Waals surface area (Å²) in [5.74, 6) is -0.0785. The number of anilines is 1. The Bertz CT molecular complexity index is 1120. The van der Waals surface area contributed by atoms with Gasteiger partial charge in [-0.25, -0.2) is 0 Å². The first-order valence-electron chi connectivity index (χ1n) is 9.43. The van der Waals surface area contributed by atoms with Crippen LogP contribution >= 0.6 is 11.6 Å². The van der Waals surface area contributed by atoms with Gasteiger partial charge in [0.2, 0.25) is 5.89 Å². The molecular formula is C22H20ClN3O4. The molecule has 154 valence electrons. The zero-order valence-corrected chi connectivity index (χ0v) is 17.6. The van der Waals surface area contributed by atoms with Crippen molar-refractivity contribution in [2.45, 2.75) is 39.3 Å². The van der Waals surface area contributed by atoms with Crippen molar-refractivity contribution >= 4 is 29.0 Å². The van der Waals surface area contributed by atoms with Crippen molar-refractivity contribution in [2.75, 3.05) is 4.90 Å². The number of carbonyl (C=O) groups is 2. The number of aromatic nitrogens is 2. The van der Waals surface area contributed by atoms with E-state index in [-0.39, 0.29) is 35.9 Å². The van der Waals surface area contributed by atoms with Gasteiger partial charge in [0.15, 0.2) is 6.61 Å². The van der Waals surface area contributed by atoms with Crippen LogP contribution in [0.4, 0.5) is 5.69 Å². The molecule has 3 aromatic rings. The molecule has 0 unspecified atom stereocenters. The summed E-state index contributed by atoms with van der Waals surface area (Å²) < 4.78 is 11.3. The van der Waals surface area contributed by atoms with Gasteiger partial charge in [-0.1, -0.05) is 44.5 Å². The standard InChI is InChI=1S/C22H20ClN3O4/c1-22(2,3)13-4-7-15(8-5-13)29-12-19-25-24-18(30-19)11-26-17-9-6-14(23)10-16(17)20(27)21(26)28/h4-10H,11-12H2,1-3H3. The lowest BCUT2D eigenvalue weighted by atomic mass is 9.87. The Labute approximate surface area is 178 Å². The van der Waals surface area contributed by atoms with Crippen LogP contribution in [0.2, 0.25) is 5.02 Å². The van der Waals surface area contributed by atoms with Gasteiger partial charge in [0.1, 0.15) is 12.3 Å². The van der Waals surface area contributed by atoms with E-state index in [4.69, 9.17) is 20.8 Å². The number of fused-ring (bicyclic) bond motifs is 1. The lowest BCUT2D eigenvalue weighted by Crippen LogP contribution is -2.29. The van der Waals surface area contributed by atoms with Crippen LogP contribution in [0, 0.1) is 0 Å². The summed E-state index contributed by atoms with van der Waals surface area (Å²) in [6.45, 7) is 6.53. The van der Waals surface area contributed by atoms with E-state index >= 15 is 0 Å². The Morgan fingerprint density at radius 1 is 1.03 bits per heavy atom. The van der Waals surface area contributed by atoms with Crippen molar-refractivity contribution in [1.82, 2.24) is 10.2 Å². The highest BCUT2D eigenvalue weighted by molar-refractivity contribution is 6.52. The van der Waals surface area contributed by atoms with Crippen LogP contribution in [-0.4, -0.2) is 21.9 Å². The van der Waals surface area contributed by atoms with Crippen molar-refractivity contribution in [2.24, 2.45) is 0 Å². The Kier molecular flexibility index (Phi) is 5.07. The summed E-state index contributed by atoms with van der Waals surface area (Å²) in [5.41, 5.74) is 2.03. The molecule has 2 heterocycles. The summed E-state index contributed by atoms with van der Waals surface area (Å²) in [6, 6.07) is 12.6. The highest BCUT2D eigenvalue weighted by Crippen LogP contribution is 2.32. The van der Waals surface area contributed by atoms with Gasteiger partial charge in [0.05, 0.1) is 11.3 Å². The van der Waals surface area contributed by atoms with Crippen LogP contribution in [0.5, 0.6) is 5.75 Å². The fraction of sp³-hybridized carbons (Fsp3) is 0.273. The highest BCUT2D eigenvalue weighted by atomic mass is 35.5. The monoisotopic (exact) mass is 425 g/mol. The zero-order valence-electron chi connectivity index (χ0n) is 16.8. The summed E-state index contributed by atoms with van der Waals surface area (Å²) >= 11 is 5.93. The molecule has 0 bridgehead atoms. The number of carbonyl (C=O) groups excluding carboxylic acids is 2. The highest BCUT2D eigenvalue weighted by Gasteiger charge is 2.36. The maximum Gasteiger partial charge on any atom is 0.299 e. The fourth-order valence-electron chi connectivity index (χ4n) is 3.17. The number of rotatable bonds is 5. The van der Waals surface area contributed by atoms with Gasteiger partial charge in [0.25, 0.3) is 17.6 Å². The molecule has 1 aromatic heterocycles. The van der Waals surface area contributed by atoms with E-state index < -0.39 is 11.7 Å². The third-order valence-electron chi connectivity index (χ3n) is 4.82. The first-order valence-corrected chi connectivity index (χ1v) is 9.80. The van der Waals surface area contributed by atoms with Gasteiger partial charge in [-0.2, -0.15) is 0 Å². The molecule has 0 fully saturated rings. The Morgan fingerprint density at radius 2 is 1.73 bits per heavy atom. The Balaban J connectivity index is 1.42. The van der Waals surface area contributed by atoms with E-state index in [1.54, 1.807) is 12.1 Å². The third kappa shape index (κ3) is 3.93. The Hall–Kier alpha value is -3.19. The van der Waals surface area contributed by atoms with Crippen LogP contribution in [-0.2, 0) is 23.4 Å². The van der Waals surface area contributed by atoms with Gasteiger partial charge in [-0.05, 0) is 41.3 Å². The summed E-state index contributed by atoms with van der Waals surface area (Å²) in [5, 5.41) is 8.31. The number of amides is 1. The van der Waals surface area contributed by atoms with Crippen molar-refractivity contribution in [3.05, 3.63) is 70.4 Å². The second-order valence-electron chi connectivity index (χ2n) is 8.03. The van der Waals surface area contributed by atoms with Crippen LogP contribution in [0.25, 0.3) is 0 Å². The molecule has 0 atom stereocenters. The van der Waals surface area contributed by atoms with Crippen LogP contribution < -0.4 is 9.64 Å². The molecule has 0 spiro atoms. The van der Waals surface area contributed by atoms with Gasteiger partial charge < -0.3 is 9.15 Å². The maximum atomic E-state index is 12.3. The number of Topliss-reactive ketones (excluding diaryl/α,β-unsaturated/α-hetero) is 1. The van der Waals surface area contributed by atoms with Gasteiger partial charge in [-0.3, -0.25) is 14.5 Å². The number of hydrogen-bond donors (Lipinski definition) is 0. The molecule has 2 aromatic carbocycles. The number of hydrogen-bond acceptors (Lipinski definition) is 6. The number of ketones is 1. The average Bonchev–Trinajstić information content (AvgIpc) is 3.25. The van der Waals surface area contributed by atoms with Gasteiger partial charge >= 0.3 is 0 Å². The van der Waals surface area contributed by atoms with Crippen molar-refractivity contribution in [3.63, 3.8) is 0 Å². The maximum absolute atomic E-state index is 12.3. The molecular weight excluding hydrogens is 406 g/mol. The second kappa shape index (κ2) is 7.57. The molecule has 1 aliphatic rings. The third-order valence-corrected chi connectivity index (χ3v) is 5.05. The molecule has 1 aliphatic heterocycles. The predicted molar refractivity (Wildman–Crippen MR) is 111 cm³/mol. The smallest absolute Gasteiger partial charge is 0.299 e. The number of halogens is 1. The quantitative estimate of drug-likeness (QED) is 0.565. The minimum Gasteiger partial charge on any atom is -0.484 e. The molecule has 8 heteroatoms. The number of benzene rings is 2. The van der Waals surface area contributed by atoms with E-state index in [1.165, 1.54) is 16.5 Å². The zero-order chi connectivity index (χ0) is 21.5. The fourth-order valence-corrected chi connectivity index (χ4v) is 3.34. The lowest BCUT2D eigenvalue weighted by Gasteiger charge is -2.19. The molecule has 0 N–H and O–H groups in total. The molecule has 1 amide bonds. The molecule has 0 aliphatic carbocycles. The van der Waals surface area contributed by atoms with E-state index in [0.29, 0.717) is 16.5 Å². The minimum absolute atomic E-state index is 0.00746. The Morgan fingerprint density at radius 3 is 2.43 bits per heavy atom. The van der Waals surface area contributed by atoms with E-state index in [2.05, 4.69) is 31.0 Å². The van der Waals surface area contributed by atoms with Crippen molar-refractivity contribution < 1.29 is 18.7 Å². The van der Waals surface area contributed by atoms with Crippen LogP contribution in [0.1, 0.15) is 48.5 Å². The first-order chi connectivity index (χ1) is 14.2. The van der Waals surface area contributed by atoms with Crippen molar-refractivity contribution in [1.29, 1.82) is 0 Å². The molecule has 0 saturated heterocycles. The molecule has 7 nitrogen and oxygen atoms in total. The lowest BCUT2D eigenvalue weighted by molar-refractivity contribution is -0.114. The van der Waals surface area contributed by atoms with E-state index in [1.807, 2.05) is 24.3 Å². The topological polar surface area (TPSA) is 85.5 Å². The molecule has 30 heavy (non-hydrogen) atoms. The summed E-state index contributed by atoms with van der Waals surface area (Å²) in [7, 11) is 0. The van der Waals surface area contributed by atoms with Crippen LogP contribution in [0.15, 0.2) is 46.9 Å². The normalized spacial score (nSPS) is 13.7. The second-order valence-corrected chi connectivity index (χ2v) is 8.47. The van der Waals surface area contributed by atoms with Gasteiger partial charge in [0, 0.05) is 5.02 Å². The predicted octanol–water partition coefficient (Wildman–Crippen LogP) is 4.33. The summed E-state index contributed by atoms with van der Waals surface area (Å²) in [6.07, 6.45) is 0. The SMILES string of the molecule is CC(C)(C)c1ccc(OCc2nnc(CN3C(=O)C(=O)c4cc(Cl)ccc43)o2)cc1. The van der Waals surface area contributed by atoms with E-state index in [9.17, 15) is 9.59 Å². The van der Waals surface area contributed by atoms with E-state index in [0.717, 1.165) is 0 Å². The first kappa shape index (κ1) is 20.1. The molecule has 0 saturated carbocycles. The number of ether oxygens (including phenoxy) is 1. The largest absolute Gasteiger partial charge is 0.484 e. The molecule has 4 rings (SSSR count). The number of nitrogens with zero attached hydrogens (tertiary/aromatic N) is 3. The van der Waals surface area contributed by atoms with Gasteiger partial charge in [-0.15, -0.1) is 10.2 Å². The summed E-state index contributed by atoms with van der Waals surface area (Å²) in [4.78, 5) is 25.8. The average molecular weight is 426 g/mol. The van der Waals surface area contributed by atoms with Crippen LogP contribution in [0.3, 0.4) is 0 Å². The molecule has 0 radical (unpaired) electrons. The minimum atomic E-state index is -0.651.